The monoisotopic (exact) mass is 431 g/mol. The summed E-state index contributed by atoms with van der Waals surface area (Å²) in [6.07, 6.45) is 9.36. The first-order valence-electron chi connectivity index (χ1n) is 11.6. The summed E-state index contributed by atoms with van der Waals surface area (Å²) in [6.45, 7) is 16.2. The second-order valence-electron chi connectivity index (χ2n) is 9.59. The molecule has 0 saturated heterocycles. The van der Waals surface area contributed by atoms with Crippen LogP contribution in [0.1, 0.15) is 86.5 Å². The Bertz CT molecular complexity index is 392. The zero-order chi connectivity index (χ0) is 21.4. The highest BCUT2D eigenvalue weighted by Gasteiger charge is 2.50. The second kappa shape index (κ2) is 12.2. The van der Waals surface area contributed by atoms with E-state index in [1.807, 2.05) is 0 Å². The summed E-state index contributed by atoms with van der Waals surface area (Å²) in [5.41, 5.74) is 2.33. The molecule has 168 valence electrons. The lowest BCUT2D eigenvalue weighted by Crippen LogP contribution is -2.64. The van der Waals surface area contributed by atoms with Crippen molar-refractivity contribution in [2.24, 2.45) is 0 Å². The zero-order valence-corrected chi connectivity index (χ0v) is 22.3. The lowest BCUT2D eigenvalue weighted by atomic mass is 9.95. The molecule has 28 heavy (non-hydrogen) atoms. The van der Waals surface area contributed by atoms with Gasteiger partial charge in [-0.3, -0.25) is 0 Å². The molecule has 0 aromatic carbocycles. The summed E-state index contributed by atoms with van der Waals surface area (Å²) in [5.74, 6) is 0. The number of unbranched alkanes of at least 4 members (excludes halogenated alkanes) is 1. The van der Waals surface area contributed by atoms with Crippen LogP contribution in [-0.2, 0) is 13.3 Å². The van der Waals surface area contributed by atoms with E-state index in [9.17, 15) is 0 Å². The van der Waals surface area contributed by atoms with Crippen molar-refractivity contribution in [2.45, 2.75) is 115 Å². The molecule has 4 nitrogen and oxygen atoms in total. The molecule has 0 N–H and O–H groups in total. The highest BCUT2D eigenvalue weighted by atomic mass is 28.4. The van der Waals surface area contributed by atoms with Crippen molar-refractivity contribution in [3.8, 4) is 0 Å². The highest BCUT2D eigenvalue weighted by molar-refractivity contribution is 6.81. The summed E-state index contributed by atoms with van der Waals surface area (Å²) < 4.78 is 20.0. The third-order valence-electron chi connectivity index (χ3n) is 7.35. The third kappa shape index (κ3) is 5.91. The molecule has 0 aromatic rings. The minimum absolute atomic E-state index is 0.778. The van der Waals surface area contributed by atoms with Gasteiger partial charge in [-0.15, -0.1) is 0 Å². The fourth-order valence-electron chi connectivity index (χ4n) is 6.26. The number of hydrogen-bond acceptors (Lipinski definition) is 4. The van der Waals surface area contributed by atoms with Crippen molar-refractivity contribution in [1.82, 2.24) is 4.57 Å². The van der Waals surface area contributed by atoms with E-state index in [0.29, 0.717) is 0 Å². The maximum atomic E-state index is 5.63. The molecule has 0 atom stereocenters. The second-order valence-corrected chi connectivity index (χ2v) is 18.5. The lowest BCUT2D eigenvalue weighted by Gasteiger charge is -2.55. The maximum Gasteiger partial charge on any atom is 0.500 e. The van der Waals surface area contributed by atoms with Gasteiger partial charge in [-0.1, -0.05) is 60.8 Å². The molecular formula is C22H49NO3Si2. The Morgan fingerprint density at radius 2 is 1.21 bits per heavy atom. The molecular weight excluding hydrogens is 382 g/mol. The van der Waals surface area contributed by atoms with Crippen molar-refractivity contribution in [1.29, 1.82) is 0 Å². The first-order valence-corrected chi connectivity index (χ1v) is 15.7. The van der Waals surface area contributed by atoms with Crippen LogP contribution in [0.25, 0.3) is 0 Å². The zero-order valence-electron chi connectivity index (χ0n) is 20.3. The number of rotatable bonds is 13. The fourth-order valence-corrected chi connectivity index (χ4v) is 15.5. The van der Waals surface area contributed by atoms with Gasteiger partial charge >= 0.3 is 8.80 Å². The van der Waals surface area contributed by atoms with Crippen molar-refractivity contribution in [3.63, 3.8) is 0 Å². The minimum Gasteiger partial charge on any atom is -0.377 e. The Kier molecular flexibility index (Phi) is 11.5. The van der Waals surface area contributed by atoms with Gasteiger partial charge in [0.1, 0.15) is 8.24 Å². The molecule has 0 radical (unpaired) electrons. The summed E-state index contributed by atoms with van der Waals surface area (Å²) >= 11 is 0. The van der Waals surface area contributed by atoms with Gasteiger partial charge in [-0.25, -0.2) is 0 Å². The summed E-state index contributed by atoms with van der Waals surface area (Å²) in [4.78, 5) is 0. The van der Waals surface area contributed by atoms with Crippen LogP contribution in [-0.4, -0.2) is 55.5 Å². The molecule has 1 rings (SSSR count). The molecule has 0 unspecified atom stereocenters. The Morgan fingerprint density at radius 3 is 1.61 bits per heavy atom. The van der Waals surface area contributed by atoms with E-state index in [0.717, 1.165) is 35.1 Å². The molecule has 1 fully saturated rings. The lowest BCUT2D eigenvalue weighted by molar-refractivity contribution is 0.122. The van der Waals surface area contributed by atoms with Gasteiger partial charge in [0.15, 0.2) is 0 Å². The normalized spacial score (nSPS) is 17.5. The summed E-state index contributed by atoms with van der Waals surface area (Å²) in [5, 5.41) is 0. The van der Waals surface area contributed by atoms with Gasteiger partial charge < -0.3 is 17.8 Å². The van der Waals surface area contributed by atoms with E-state index in [-0.39, 0.29) is 0 Å². The van der Waals surface area contributed by atoms with Crippen LogP contribution in [0.2, 0.25) is 22.7 Å². The number of hydrogen-bond donors (Lipinski definition) is 0. The van der Waals surface area contributed by atoms with Gasteiger partial charge in [0.25, 0.3) is 0 Å². The van der Waals surface area contributed by atoms with E-state index in [4.69, 9.17) is 13.3 Å². The Morgan fingerprint density at radius 1 is 0.750 bits per heavy atom. The van der Waals surface area contributed by atoms with E-state index < -0.39 is 17.0 Å². The third-order valence-corrected chi connectivity index (χ3v) is 17.3. The highest BCUT2D eigenvalue weighted by Crippen LogP contribution is 2.46. The molecule has 1 aliphatic rings. The van der Waals surface area contributed by atoms with Crippen LogP contribution in [0.3, 0.4) is 0 Å². The fraction of sp³-hybridized carbons (Fsp3) is 1.00. The molecule has 0 aromatic heterocycles. The Balaban J connectivity index is 2.99. The molecule has 0 aliphatic heterocycles. The van der Waals surface area contributed by atoms with Crippen LogP contribution in [0, 0.1) is 0 Å². The van der Waals surface area contributed by atoms with E-state index >= 15 is 0 Å². The van der Waals surface area contributed by atoms with Crippen LogP contribution in [0.15, 0.2) is 0 Å². The molecule has 0 spiro atoms. The van der Waals surface area contributed by atoms with E-state index in [2.05, 4.69) is 46.1 Å². The largest absolute Gasteiger partial charge is 0.500 e. The van der Waals surface area contributed by atoms with Gasteiger partial charge in [0.2, 0.25) is 0 Å². The van der Waals surface area contributed by atoms with Crippen molar-refractivity contribution >= 4 is 17.0 Å². The molecule has 1 aliphatic carbocycles. The molecule has 0 heterocycles. The predicted octanol–water partition coefficient (Wildman–Crippen LogP) is 6.45. The molecule has 0 amide bonds. The minimum atomic E-state index is -2.45. The molecule has 6 heteroatoms. The van der Waals surface area contributed by atoms with Crippen LogP contribution in [0.5, 0.6) is 0 Å². The van der Waals surface area contributed by atoms with Gasteiger partial charge in [-0.05, 0) is 48.9 Å². The van der Waals surface area contributed by atoms with E-state index in [1.165, 1.54) is 45.1 Å². The standard InChI is InChI=1S/C22H49NO3Si2/c1-19(2)28(20(3)4,21(5)6)23(22-15-11-10-12-16-22)17-13-14-18-27(24-7,25-8)26-9/h19-22H,10-18H2,1-9H3. The molecule has 0 bridgehead atoms. The van der Waals surface area contributed by atoms with Gasteiger partial charge in [-0.2, -0.15) is 0 Å². The summed E-state index contributed by atoms with van der Waals surface area (Å²) in [6, 6.07) is 1.70. The first kappa shape index (κ1) is 26.3. The SMILES string of the molecule is CO[Si](CCCCN(C1CCCCC1)[Si](C(C)C)(C(C)C)C(C)C)(OC)OC. The van der Waals surface area contributed by atoms with Crippen molar-refractivity contribution < 1.29 is 13.3 Å². The average molecular weight is 432 g/mol. The Hall–Kier alpha value is 0.274. The predicted molar refractivity (Wildman–Crippen MR) is 125 cm³/mol. The van der Waals surface area contributed by atoms with Crippen molar-refractivity contribution in [2.75, 3.05) is 27.9 Å². The van der Waals surface area contributed by atoms with Gasteiger partial charge in [0.05, 0.1) is 0 Å². The average Bonchev–Trinajstić information content (AvgIpc) is 2.67. The van der Waals surface area contributed by atoms with Crippen LogP contribution in [0.4, 0.5) is 0 Å². The van der Waals surface area contributed by atoms with Crippen LogP contribution >= 0.6 is 0 Å². The molecule has 1 saturated carbocycles. The van der Waals surface area contributed by atoms with Crippen LogP contribution < -0.4 is 0 Å². The number of nitrogens with zero attached hydrogens (tertiary/aromatic N) is 1. The summed E-state index contributed by atoms with van der Waals surface area (Å²) in [7, 11) is 1.11. The van der Waals surface area contributed by atoms with E-state index in [1.54, 1.807) is 21.3 Å². The van der Waals surface area contributed by atoms with Gasteiger partial charge in [0, 0.05) is 33.4 Å². The van der Waals surface area contributed by atoms with Crippen molar-refractivity contribution in [3.05, 3.63) is 0 Å². The Labute approximate surface area is 178 Å². The maximum absolute atomic E-state index is 5.63. The quantitative estimate of drug-likeness (QED) is 0.247. The first-order chi connectivity index (χ1) is 13.2. The topological polar surface area (TPSA) is 30.9 Å². The smallest absolute Gasteiger partial charge is 0.377 e.